The Kier molecular flexibility index (Phi) is 6.60. The molecule has 0 aromatic heterocycles. The van der Waals surface area contributed by atoms with Crippen LogP contribution in [0.25, 0.3) is 0 Å². The van der Waals surface area contributed by atoms with Crippen LogP contribution < -0.4 is 10.6 Å². The third-order valence-corrected chi connectivity index (χ3v) is 3.44. The summed E-state index contributed by atoms with van der Waals surface area (Å²) in [5.41, 5.74) is -0.634. The lowest BCUT2D eigenvalue weighted by Gasteiger charge is -2.35. The Bertz CT molecular complexity index is 261. The van der Waals surface area contributed by atoms with Crippen molar-refractivity contribution in [3.05, 3.63) is 0 Å². The van der Waals surface area contributed by atoms with Gasteiger partial charge in [0.2, 0.25) is 5.91 Å². The van der Waals surface area contributed by atoms with Crippen LogP contribution in [-0.4, -0.2) is 50.0 Å². The van der Waals surface area contributed by atoms with E-state index in [1.807, 2.05) is 0 Å². The van der Waals surface area contributed by atoms with Crippen LogP contribution >= 0.6 is 0 Å². The van der Waals surface area contributed by atoms with Gasteiger partial charge in [0.1, 0.15) is 0 Å². The number of ether oxygens (including phenoxy) is 1. The molecule has 0 aliphatic heterocycles. The Morgan fingerprint density at radius 3 is 3.00 bits per heavy atom. The molecule has 1 rings (SSSR count). The van der Waals surface area contributed by atoms with Crippen LogP contribution in [0.4, 0.5) is 0 Å². The number of rotatable bonds is 7. The maximum absolute atomic E-state index is 11.4. The number of hydrogen-bond acceptors (Lipinski definition) is 4. The van der Waals surface area contributed by atoms with Crippen molar-refractivity contribution in [3.63, 3.8) is 0 Å². The molecule has 1 fully saturated rings. The van der Waals surface area contributed by atoms with E-state index < -0.39 is 5.60 Å². The molecule has 0 spiro atoms. The van der Waals surface area contributed by atoms with Gasteiger partial charge in [0.25, 0.3) is 0 Å². The zero-order valence-corrected chi connectivity index (χ0v) is 11.5. The molecule has 5 nitrogen and oxygen atoms in total. The lowest BCUT2D eigenvalue weighted by molar-refractivity contribution is -0.120. The number of nitrogens with one attached hydrogen (secondary N) is 2. The summed E-state index contributed by atoms with van der Waals surface area (Å²) in [5.74, 6) is 0.514. The van der Waals surface area contributed by atoms with Gasteiger partial charge < -0.3 is 20.5 Å². The highest BCUT2D eigenvalue weighted by Crippen LogP contribution is 2.31. The van der Waals surface area contributed by atoms with Crippen molar-refractivity contribution in [1.82, 2.24) is 10.6 Å². The van der Waals surface area contributed by atoms with Crippen molar-refractivity contribution in [1.29, 1.82) is 0 Å². The zero-order chi connectivity index (χ0) is 13.4. The van der Waals surface area contributed by atoms with E-state index in [4.69, 9.17) is 4.74 Å². The monoisotopic (exact) mass is 258 g/mol. The third-order valence-electron chi connectivity index (χ3n) is 3.44. The maximum atomic E-state index is 11.4. The molecule has 106 valence electrons. The first-order valence-electron chi connectivity index (χ1n) is 6.74. The lowest BCUT2D eigenvalue weighted by Crippen LogP contribution is -2.46. The Hall–Kier alpha value is -0.650. The van der Waals surface area contributed by atoms with Crippen LogP contribution in [0.1, 0.15) is 32.6 Å². The molecule has 1 saturated carbocycles. The average molecular weight is 258 g/mol. The minimum atomic E-state index is -0.634. The molecule has 5 heteroatoms. The van der Waals surface area contributed by atoms with Crippen LogP contribution in [0.3, 0.4) is 0 Å². The molecule has 0 aromatic carbocycles. The first kappa shape index (κ1) is 15.4. The van der Waals surface area contributed by atoms with Gasteiger partial charge in [-0.2, -0.15) is 0 Å². The lowest BCUT2D eigenvalue weighted by atomic mass is 9.79. The van der Waals surface area contributed by atoms with Gasteiger partial charge in [-0.25, -0.2) is 0 Å². The summed E-state index contributed by atoms with van der Waals surface area (Å²) >= 11 is 0. The fourth-order valence-corrected chi connectivity index (χ4v) is 2.56. The van der Waals surface area contributed by atoms with Gasteiger partial charge in [0, 0.05) is 20.2 Å². The standard InChI is InChI=1S/C13H26N2O3/c1-11-4-3-5-13(17,8-11)10-14-9-12(16)15-6-7-18-2/h11,14,17H,3-10H2,1-2H3,(H,15,16). The minimum absolute atomic E-state index is 0.0560. The van der Waals surface area contributed by atoms with Crippen LogP contribution in [0.15, 0.2) is 0 Å². The molecule has 2 unspecified atom stereocenters. The molecule has 3 N–H and O–H groups in total. The summed E-state index contributed by atoms with van der Waals surface area (Å²) in [6, 6.07) is 0. The smallest absolute Gasteiger partial charge is 0.234 e. The first-order valence-corrected chi connectivity index (χ1v) is 6.74. The third kappa shape index (κ3) is 5.80. The molecular formula is C13H26N2O3. The van der Waals surface area contributed by atoms with E-state index in [1.165, 1.54) is 6.42 Å². The number of methoxy groups -OCH3 is 1. The van der Waals surface area contributed by atoms with Gasteiger partial charge in [-0.05, 0) is 18.8 Å². The molecule has 0 saturated heterocycles. The quantitative estimate of drug-likeness (QED) is 0.574. The molecule has 1 aliphatic rings. The fourth-order valence-electron chi connectivity index (χ4n) is 2.56. The molecular weight excluding hydrogens is 232 g/mol. The van der Waals surface area contributed by atoms with Crippen molar-refractivity contribution >= 4 is 5.91 Å². The summed E-state index contributed by atoms with van der Waals surface area (Å²) in [6.45, 7) is 3.96. The number of aliphatic hydroxyl groups is 1. The summed E-state index contributed by atoms with van der Waals surface area (Å²) < 4.78 is 4.84. The summed E-state index contributed by atoms with van der Waals surface area (Å²) in [6.07, 6.45) is 3.92. The number of carbonyl (C=O) groups is 1. The van der Waals surface area contributed by atoms with Gasteiger partial charge in [-0.1, -0.05) is 19.8 Å². The van der Waals surface area contributed by atoms with E-state index >= 15 is 0 Å². The number of amides is 1. The summed E-state index contributed by atoms with van der Waals surface area (Å²) in [5, 5.41) is 16.1. The van der Waals surface area contributed by atoms with Crippen molar-refractivity contribution in [2.24, 2.45) is 5.92 Å². The van der Waals surface area contributed by atoms with E-state index in [1.54, 1.807) is 7.11 Å². The van der Waals surface area contributed by atoms with Gasteiger partial charge >= 0.3 is 0 Å². The zero-order valence-electron chi connectivity index (χ0n) is 11.5. The SMILES string of the molecule is COCCNC(=O)CNCC1(O)CCCC(C)C1. The normalized spacial score (nSPS) is 28.1. The molecule has 0 radical (unpaired) electrons. The van der Waals surface area contributed by atoms with Crippen molar-refractivity contribution in [3.8, 4) is 0 Å². The van der Waals surface area contributed by atoms with Gasteiger partial charge in [0.05, 0.1) is 18.8 Å². The largest absolute Gasteiger partial charge is 0.389 e. The van der Waals surface area contributed by atoms with Crippen LogP contribution in [0.5, 0.6) is 0 Å². The highest BCUT2D eigenvalue weighted by atomic mass is 16.5. The summed E-state index contributed by atoms with van der Waals surface area (Å²) in [7, 11) is 1.60. The van der Waals surface area contributed by atoms with E-state index in [9.17, 15) is 9.90 Å². The summed E-state index contributed by atoms with van der Waals surface area (Å²) in [4.78, 5) is 11.4. The highest BCUT2D eigenvalue weighted by molar-refractivity contribution is 5.77. The maximum Gasteiger partial charge on any atom is 0.234 e. The van der Waals surface area contributed by atoms with Gasteiger partial charge in [-0.3, -0.25) is 4.79 Å². The van der Waals surface area contributed by atoms with Crippen LogP contribution in [0, 0.1) is 5.92 Å². The van der Waals surface area contributed by atoms with Crippen molar-refractivity contribution in [2.75, 3.05) is 33.4 Å². The molecule has 0 heterocycles. The molecule has 1 amide bonds. The van der Waals surface area contributed by atoms with E-state index in [0.29, 0.717) is 25.6 Å². The van der Waals surface area contributed by atoms with E-state index in [2.05, 4.69) is 17.6 Å². The Morgan fingerprint density at radius 1 is 1.56 bits per heavy atom. The highest BCUT2D eigenvalue weighted by Gasteiger charge is 2.32. The van der Waals surface area contributed by atoms with Gasteiger partial charge in [-0.15, -0.1) is 0 Å². The van der Waals surface area contributed by atoms with E-state index in [-0.39, 0.29) is 12.5 Å². The second kappa shape index (κ2) is 7.71. The molecule has 2 atom stereocenters. The van der Waals surface area contributed by atoms with Gasteiger partial charge in [0.15, 0.2) is 0 Å². The molecule has 18 heavy (non-hydrogen) atoms. The Morgan fingerprint density at radius 2 is 2.33 bits per heavy atom. The Labute approximate surface area is 109 Å². The number of carbonyl (C=O) groups excluding carboxylic acids is 1. The molecule has 1 aliphatic carbocycles. The minimum Gasteiger partial charge on any atom is -0.389 e. The van der Waals surface area contributed by atoms with Crippen LogP contribution in [0.2, 0.25) is 0 Å². The second-order valence-electron chi connectivity index (χ2n) is 5.37. The predicted molar refractivity (Wildman–Crippen MR) is 70.3 cm³/mol. The van der Waals surface area contributed by atoms with E-state index in [0.717, 1.165) is 19.3 Å². The molecule has 0 bridgehead atoms. The van der Waals surface area contributed by atoms with Crippen molar-refractivity contribution in [2.45, 2.75) is 38.2 Å². The topological polar surface area (TPSA) is 70.6 Å². The first-order chi connectivity index (χ1) is 8.56. The predicted octanol–water partition coefficient (Wildman–Crippen LogP) is 0.280. The average Bonchev–Trinajstić information content (AvgIpc) is 2.28. The van der Waals surface area contributed by atoms with Crippen LogP contribution in [-0.2, 0) is 9.53 Å². The van der Waals surface area contributed by atoms with Crippen molar-refractivity contribution < 1.29 is 14.6 Å². The fraction of sp³-hybridized carbons (Fsp3) is 0.923. The molecule has 0 aromatic rings. The number of hydrogen-bond donors (Lipinski definition) is 3. The second-order valence-corrected chi connectivity index (χ2v) is 5.37. The Balaban J connectivity index is 2.14.